The van der Waals surface area contributed by atoms with Crippen molar-refractivity contribution in [3.05, 3.63) is 45.0 Å². The molecule has 0 aliphatic heterocycles. The molecular formula is C10H7F3N4O2S. The summed E-state index contributed by atoms with van der Waals surface area (Å²) in [5.41, 5.74) is 0.628. The van der Waals surface area contributed by atoms with Crippen molar-refractivity contribution >= 4 is 22.2 Å². The van der Waals surface area contributed by atoms with Gasteiger partial charge in [0.2, 0.25) is 10.1 Å². The third-order valence-corrected chi connectivity index (χ3v) is 3.18. The summed E-state index contributed by atoms with van der Waals surface area (Å²) < 4.78 is 36.9. The van der Waals surface area contributed by atoms with E-state index in [0.29, 0.717) is 16.9 Å². The fourth-order valence-corrected chi connectivity index (χ4v) is 1.93. The van der Waals surface area contributed by atoms with Crippen molar-refractivity contribution in [3.8, 4) is 0 Å². The lowest BCUT2D eigenvalue weighted by molar-refractivity contribution is -0.384. The minimum atomic E-state index is -4.51. The first kappa shape index (κ1) is 14.2. The van der Waals surface area contributed by atoms with Gasteiger partial charge in [-0.1, -0.05) is 23.5 Å². The maximum absolute atomic E-state index is 12.3. The number of aromatic nitrogens is 2. The van der Waals surface area contributed by atoms with Crippen molar-refractivity contribution in [2.75, 3.05) is 5.32 Å². The molecule has 0 spiro atoms. The van der Waals surface area contributed by atoms with E-state index >= 15 is 0 Å². The number of benzene rings is 1. The van der Waals surface area contributed by atoms with Gasteiger partial charge in [0.1, 0.15) is 0 Å². The topological polar surface area (TPSA) is 81.0 Å². The molecular weight excluding hydrogens is 297 g/mol. The van der Waals surface area contributed by atoms with Gasteiger partial charge >= 0.3 is 6.18 Å². The van der Waals surface area contributed by atoms with Crippen LogP contribution in [-0.4, -0.2) is 15.1 Å². The van der Waals surface area contributed by atoms with Crippen molar-refractivity contribution < 1.29 is 18.1 Å². The Kier molecular flexibility index (Phi) is 3.84. The van der Waals surface area contributed by atoms with Crippen molar-refractivity contribution in [1.82, 2.24) is 10.2 Å². The molecule has 0 bridgehead atoms. The molecule has 2 aromatic rings. The van der Waals surface area contributed by atoms with E-state index < -0.39 is 16.1 Å². The van der Waals surface area contributed by atoms with Crippen molar-refractivity contribution in [1.29, 1.82) is 0 Å². The molecule has 1 heterocycles. The van der Waals surface area contributed by atoms with Crippen LogP contribution in [0.4, 0.5) is 24.0 Å². The Morgan fingerprint density at radius 1 is 1.25 bits per heavy atom. The fourth-order valence-electron chi connectivity index (χ4n) is 1.32. The average molecular weight is 304 g/mol. The van der Waals surface area contributed by atoms with E-state index in [0.717, 1.165) is 0 Å². The van der Waals surface area contributed by atoms with E-state index in [4.69, 9.17) is 0 Å². The summed E-state index contributed by atoms with van der Waals surface area (Å²) in [5, 5.41) is 18.5. The molecule has 0 atom stereocenters. The first-order valence-electron chi connectivity index (χ1n) is 5.24. The summed E-state index contributed by atoms with van der Waals surface area (Å²) in [4.78, 5) is 9.92. The van der Waals surface area contributed by atoms with Gasteiger partial charge in [-0.05, 0) is 5.56 Å². The Labute approximate surface area is 114 Å². The molecule has 0 aliphatic carbocycles. The summed E-state index contributed by atoms with van der Waals surface area (Å²) in [7, 11) is 0. The molecule has 0 saturated carbocycles. The summed E-state index contributed by atoms with van der Waals surface area (Å²) in [6.07, 6.45) is -4.51. The van der Waals surface area contributed by atoms with Crippen molar-refractivity contribution in [2.24, 2.45) is 0 Å². The highest BCUT2D eigenvalue weighted by atomic mass is 32.1. The number of nitrogens with one attached hydrogen (secondary N) is 1. The van der Waals surface area contributed by atoms with E-state index in [1.54, 1.807) is 0 Å². The number of nitrogens with zero attached hydrogens (tertiary/aromatic N) is 3. The Bertz CT molecular complexity index is 612. The predicted molar refractivity (Wildman–Crippen MR) is 65.3 cm³/mol. The molecule has 20 heavy (non-hydrogen) atoms. The number of anilines is 1. The van der Waals surface area contributed by atoms with Gasteiger partial charge in [-0.2, -0.15) is 13.2 Å². The van der Waals surface area contributed by atoms with Gasteiger partial charge in [-0.3, -0.25) is 10.1 Å². The van der Waals surface area contributed by atoms with Crippen LogP contribution in [0.25, 0.3) is 0 Å². The van der Waals surface area contributed by atoms with Crippen LogP contribution < -0.4 is 5.32 Å². The molecule has 10 heteroatoms. The molecule has 0 unspecified atom stereocenters. The fraction of sp³-hybridized carbons (Fsp3) is 0.200. The Morgan fingerprint density at radius 2 is 1.90 bits per heavy atom. The molecule has 6 nitrogen and oxygen atoms in total. The number of non-ortho nitro benzene ring substituents is 1. The van der Waals surface area contributed by atoms with Gasteiger partial charge in [0.25, 0.3) is 5.69 Å². The minimum Gasteiger partial charge on any atom is -0.356 e. The maximum atomic E-state index is 12.3. The zero-order valence-electron chi connectivity index (χ0n) is 9.72. The Morgan fingerprint density at radius 3 is 2.40 bits per heavy atom. The van der Waals surface area contributed by atoms with Gasteiger partial charge in [-0.15, -0.1) is 10.2 Å². The molecule has 1 N–H and O–H groups in total. The van der Waals surface area contributed by atoms with Crippen LogP contribution >= 0.6 is 11.3 Å². The molecule has 1 aromatic heterocycles. The lowest BCUT2D eigenvalue weighted by atomic mass is 10.2. The summed E-state index contributed by atoms with van der Waals surface area (Å²) >= 11 is 0.401. The second kappa shape index (κ2) is 5.41. The highest BCUT2D eigenvalue weighted by Gasteiger charge is 2.35. The highest BCUT2D eigenvalue weighted by molar-refractivity contribution is 7.15. The quantitative estimate of drug-likeness (QED) is 0.693. The number of nitro groups is 1. The normalized spacial score (nSPS) is 11.3. The number of halogens is 3. The van der Waals surface area contributed by atoms with Crippen LogP contribution in [-0.2, 0) is 12.7 Å². The number of rotatable bonds is 4. The number of hydrogen-bond donors (Lipinski definition) is 1. The summed E-state index contributed by atoms with van der Waals surface area (Å²) in [6, 6.07) is 5.66. The van der Waals surface area contributed by atoms with Gasteiger partial charge in [0.15, 0.2) is 0 Å². The Balaban J connectivity index is 1.98. The SMILES string of the molecule is O=[N+]([O-])c1ccc(CNc2nnc(C(F)(F)F)s2)cc1. The van der Waals surface area contributed by atoms with Gasteiger partial charge in [0.05, 0.1) is 4.92 Å². The zero-order valence-corrected chi connectivity index (χ0v) is 10.5. The van der Waals surface area contributed by atoms with Crippen molar-refractivity contribution in [3.63, 3.8) is 0 Å². The largest absolute Gasteiger partial charge is 0.445 e. The highest BCUT2D eigenvalue weighted by Crippen LogP contribution is 2.33. The zero-order chi connectivity index (χ0) is 14.8. The molecule has 0 aliphatic rings. The summed E-state index contributed by atoms with van der Waals surface area (Å²) in [6.45, 7) is 0.199. The third-order valence-electron chi connectivity index (χ3n) is 2.26. The second-order valence-electron chi connectivity index (χ2n) is 3.69. The molecule has 0 fully saturated rings. The first-order valence-corrected chi connectivity index (χ1v) is 6.06. The molecule has 0 amide bonds. The smallest absolute Gasteiger partial charge is 0.356 e. The van der Waals surface area contributed by atoms with E-state index in [-0.39, 0.29) is 17.4 Å². The molecule has 2 rings (SSSR count). The number of alkyl halides is 3. The Hall–Kier alpha value is -2.23. The number of hydrogen-bond acceptors (Lipinski definition) is 6. The lowest BCUT2D eigenvalue weighted by Crippen LogP contribution is -2.03. The molecule has 106 valence electrons. The first-order chi connectivity index (χ1) is 9.36. The molecule has 1 aromatic carbocycles. The van der Waals surface area contributed by atoms with E-state index in [2.05, 4.69) is 15.5 Å². The van der Waals surface area contributed by atoms with Crippen LogP contribution in [0.15, 0.2) is 24.3 Å². The van der Waals surface area contributed by atoms with Gasteiger partial charge in [0, 0.05) is 18.7 Å². The standard InChI is InChI=1S/C10H7F3N4O2S/c11-10(12,13)8-15-16-9(20-8)14-5-6-1-3-7(4-2-6)17(18)19/h1-4H,5H2,(H,14,16). The monoisotopic (exact) mass is 304 g/mol. The maximum Gasteiger partial charge on any atom is 0.445 e. The van der Waals surface area contributed by atoms with E-state index in [9.17, 15) is 23.3 Å². The average Bonchev–Trinajstić information content (AvgIpc) is 2.85. The second-order valence-corrected chi connectivity index (χ2v) is 4.66. The predicted octanol–water partition coefficient (Wildman–Crippen LogP) is 3.08. The van der Waals surface area contributed by atoms with Crippen LogP contribution in [0.5, 0.6) is 0 Å². The van der Waals surface area contributed by atoms with Crippen LogP contribution in [0.1, 0.15) is 10.6 Å². The van der Waals surface area contributed by atoms with E-state index in [1.807, 2.05) is 0 Å². The van der Waals surface area contributed by atoms with Crippen LogP contribution in [0.2, 0.25) is 0 Å². The van der Waals surface area contributed by atoms with Gasteiger partial charge in [-0.25, -0.2) is 0 Å². The van der Waals surface area contributed by atoms with E-state index in [1.165, 1.54) is 24.3 Å². The number of nitro benzene ring substituents is 1. The minimum absolute atomic E-state index is 0.0377. The van der Waals surface area contributed by atoms with Crippen LogP contribution in [0.3, 0.4) is 0 Å². The van der Waals surface area contributed by atoms with Gasteiger partial charge < -0.3 is 5.32 Å². The molecule has 0 saturated heterocycles. The van der Waals surface area contributed by atoms with Crippen LogP contribution in [0, 0.1) is 10.1 Å². The molecule has 0 radical (unpaired) electrons. The van der Waals surface area contributed by atoms with Crippen molar-refractivity contribution in [2.45, 2.75) is 12.7 Å². The third kappa shape index (κ3) is 3.41. The summed E-state index contributed by atoms with van der Waals surface area (Å²) in [5.74, 6) is 0. The lowest BCUT2D eigenvalue weighted by Gasteiger charge is -2.02.